The summed E-state index contributed by atoms with van der Waals surface area (Å²) in [4.78, 5) is 25.1. The van der Waals surface area contributed by atoms with Gasteiger partial charge in [0.25, 0.3) is 11.5 Å². The molecule has 3 rings (SSSR count). The zero-order chi connectivity index (χ0) is 15.5. The van der Waals surface area contributed by atoms with Crippen LogP contribution < -0.4 is 5.56 Å². The molecule has 1 atom stereocenters. The minimum atomic E-state index is -0.336. The van der Waals surface area contributed by atoms with Crippen molar-refractivity contribution in [3.63, 3.8) is 0 Å². The van der Waals surface area contributed by atoms with Crippen LogP contribution >= 0.6 is 11.6 Å². The zero-order valence-electron chi connectivity index (χ0n) is 11.7. The molecule has 0 aliphatic carbocycles. The molecule has 2 heterocycles. The fraction of sp³-hybridized carbons (Fsp3) is 0.267. The van der Waals surface area contributed by atoms with Crippen molar-refractivity contribution in [3.8, 4) is 0 Å². The van der Waals surface area contributed by atoms with Gasteiger partial charge in [-0.05, 0) is 23.8 Å². The molecule has 0 radical (unpaired) electrons. The Morgan fingerprint density at radius 2 is 2.05 bits per heavy atom. The Balaban J connectivity index is 1.75. The van der Waals surface area contributed by atoms with Crippen molar-refractivity contribution in [3.05, 3.63) is 63.0 Å². The Labute approximate surface area is 131 Å². The van der Waals surface area contributed by atoms with E-state index in [-0.39, 0.29) is 23.3 Å². The Morgan fingerprint density at radius 1 is 1.27 bits per heavy atom. The molecule has 1 N–H and O–H groups in total. The van der Waals surface area contributed by atoms with Gasteiger partial charge in [0, 0.05) is 17.6 Å². The van der Waals surface area contributed by atoms with Gasteiger partial charge in [0.15, 0.2) is 0 Å². The second kappa shape index (κ2) is 6.29. The molecule has 1 aromatic carbocycles. The van der Waals surface area contributed by atoms with Crippen molar-refractivity contribution < 1.29 is 9.53 Å². The molecule has 1 unspecified atom stereocenters. The van der Waals surface area contributed by atoms with Crippen molar-refractivity contribution in [2.24, 2.45) is 0 Å². The third-order valence-corrected chi connectivity index (χ3v) is 3.75. The number of halogens is 1. The maximum absolute atomic E-state index is 12.4. The van der Waals surface area contributed by atoms with Crippen molar-refractivity contribution in [2.45, 2.75) is 6.10 Å². The largest absolute Gasteiger partial charge is 0.370 e. The van der Waals surface area contributed by atoms with Gasteiger partial charge in [-0.3, -0.25) is 9.59 Å². The van der Waals surface area contributed by atoms with E-state index in [1.807, 2.05) is 12.1 Å². The molecule has 1 fully saturated rings. The van der Waals surface area contributed by atoms with Crippen molar-refractivity contribution in [1.29, 1.82) is 0 Å². The predicted octanol–water partition coefficient (Wildman–Crippen LogP) is 1.64. The van der Waals surface area contributed by atoms with E-state index in [0.717, 1.165) is 5.56 Å². The Bertz CT molecular complexity index is 709. The number of hydrogen-bond donors (Lipinski definition) is 1. The summed E-state index contributed by atoms with van der Waals surface area (Å²) in [6, 6.07) is 10.1. The number of nitrogens with one attached hydrogen (secondary N) is 1. The molecule has 7 heteroatoms. The highest BCUT2D eigenvalue weighted by Crippen LogP contribution is 2.24. The van der Waals surface area contributed by atoms with Crippen molar-refractivity contribution in [2.75, 3.05) is 19.7 Å². The van der Waals surface area contributed by atoms with E-state index in [4.69, 9.17) is 16.3 Å². The van der Waals surface area contributed by atoms with E-state index in [1.165, 1.54) is 12.1 Å². The van der Waals surface area contributed by atoms with Crippen LogP contribution in [-0.4, -0.2) is 40.7 Å². The van der Waals surface area contributed by atoms with E-state index in [9.17, 15) is 9.59 Å². The van der Waals surface area contributed by atoms with Gasteiger partial charge >= 0.3 is 0 Å². The van der Waals surface area contributed by atoms with Gasteiger partial charge in [0.1, 0.15) is 11.8 Å². The number of nitrogens with zero attached hydrogens (tertiary/aromatic N) is 2. The number of hydrogen-bond acceptors (Lipinski definition) is 4. The van der Waals surface area contributed by atoms with E-state index >= 15 is 0 Å². The predicted molar refractivity (Wildman–Crippen MR) is 80.9 cm³/mol. The molecule has 2 aromatic rings. The molecular weight excluding hydrogens is 306 g/mol. The number of rotatable bonds is 2. The molecule has 1 aliphatic rings. The van der Waals surface area contributed by atoms with Gasteiger partial charge in [0.2, 0.25) is 0 Å². The van der Waals surface area contributed by atoms with Crippen LogP contribution in [0, 0.1) is 0 Å². The van der Waals surface area contributed by atoms with E-state index in [2.05, 4.69) is 10.2 Å². The molecule has 0 saturated carbocycles. The third-order valence-electron chi connectivity index (χ3n) is 3.49. The number of aromatic amines is 1. The van der Waals surface area contributed by atoms with Gasteiger partial charge in [-0.15, -0.1) is 0 Å². The Morgan fingerprint density at radius 3 is 2.73 bits per heavy atom. The quantitative estimate of drug-likeness (QED) is 0.913. The Hall–Kier alpha value is -2.18. The average Bonchev–Trinajstić information content (AvgIpc) is 2.56. The summed E-state index contributed by atoms with van der Waals surface area (Å²) in [5.74, 6) is -0.224. The highest BCUT2D eigenvalue weighted by atomic mass is 35.5. The fourth-order valence-corrected chi connectivity index (χ4v) is 2.46. The van der Waals surface area contributed by atoms with Crippen LogP contribution in [0.1, 0.15) is 22.2 Å². The standard InChI is InChI=1S/C15H14ClN3O3/c16-11-3-1-10(2-4-11)13-9-19(7-8-22-13)15(21)12-5-6-14(20)18-17-12/h1-6,13H,7-9H2,(H,18,20). The van der Waals surface area contributed by atoms with E-state index < -0.39 is 0 Å². The van der Waals surface area contributed by atoms with Crippen LogP contribution in [0.5, 0.6) is 0 Å². The second-order valence-electron chi connectivity index (χ2n) is 4.97. The topological polar surface area (TPSA) is 75.3 Å². The normalized spacial score (nSPS) is 18.2. The summed E-state index contributed by atoms with van der Waals surface area (Å²) in [6.45, 7) is 1.37. The van der Waals surface area contributed by atoms with E-state index in [0.29, 0.717) is 24.7 Å². The first-order chi connectivity index (χ1) is 10.6. The van der Waals surface area contributed by atoms with Crippen LogP contribution in [-0.2, 0) is 4.74 Å². The molecule has 0 spiro atoms. The molecular formula is C15H14ClN3O3. The number of carbonyl (C=O) groups is 1. The second-order valence-corrected chi connectivity index (χ2v) is 5.41. The summed E-state index contributed by atoms with van der Waals surface area (Å²) in [5.41, 5.74) is 0.852. The van der Waals surface area contributed by atoms with Crippen molar-refractivity contribution in [1.82, 2.24) is 15.1 Å². The fourth-order valence-electron chi connectivity index (χ4n) is 2.34. The highest BCUT2D eigenvalue weighted by Gasteiger charge is 2.26. The number of benzene rings is 1. The van der Waals surface area contributed by atoms with Gasteiger partial charge < -0.3 is 9.64 Å². The van der Waals surface area contributed by atoms with Crippen LogP contribution in [0.15, 0.2) is 41.2 Å². The smallest absolute Gasteiger partial charge is 0.274 e. The first-order valence-corrected chi connectivity index (χ1v) is 7.23. The molecule has 0 bridgehead atoms. The molecule has 6 nitrogen and oxygen atoms in total. The van der Waals surface area contributed by atoms with Crippen LogP contribution in [0.3, 0.4) is 0 Å². The number of H-pyrrole nitrogens is 1. The number of aromatic nitrogens is 2. The van der Waals surface area contributed by atoms with Gasteiger partial charge in [-0.2, -0.15) is 5.10 Å². The number of ether oxygens (including phenoxy) is 1. The summed E-state index contributed by atoms with van der Waals surface area (Å²) < 4.78 is 5.72. The highest BCUT2D eigenvalue weighted by molar-refractivity contribution is 6.30. The lowest BCUT2D eigenvalue weighted by atomic mass is 10.1. The number of morpholine rings is 1. The lowest BCUT2D eigenvalue weighted by Gasteiger charge is -2.33. The average molecular weight is 320 g/mol. The minimum Gasteiger partial charge on any atom is -0.370 e. The first-order valence-electron chi connectivity index (χ1n) is 6.85. The molecule has 1 aromatic heterocycles. The van der Waals surface area contributed by atoms with Gasteiger partial charge in [0.05, 0.1) is 13.2 Å². The minimum absolute atomic E-state index is 0.197. The number of carbonyl (C=O) groups excluding carboxylic acids is 1. The maximum Gasteiger partial charge on any atom is 0.274 e. The Kier molecular flexibility index (Phi) is 4.22. The summed E-state index contributed by atoms with van der Waals surface area (Å²) in [7, 11) is 0. The monoisotopic (exact) mass is 319 g/mol. The third kappa shape index (κ3) is 3.18. The molecule has 1 saturated heterocycles. The molecule has 22 heavy (non-hydrogen) atoms. The van der Waals surface area contributed by atoms with Crippen molar-refractivity contribution >= 4 is 17.5 Å². The molecule has 1 aliphatic heterocycles. The van der Waals surface area contributed by atoms with Crippen LogP contribution in [0.25, 0.3) is 0 Å². The summed E-state index contributed by atoms with van der Waals surface area (Å²) in [5, 5.41) is 6.70. The molecule has 114 valence electrons. The number of amides is 1. The lowest BCUT2D eigenvalue weighted by molar-refractivity contribution is -0.0230. The molecule has 1 amide bonds. The summed E-state index contributed by atoms with van der Waals surface area (Å²) in [6.07, 6.45) is -0.197. The lowest BCUT2D eigenvalue weighted by Crippen LogP contribution is -2.42. The van der Waals surface area contributed by atoms with Crippen LogP contribution in [0.4, 0.5) is 0 Å². The van der Waals surface area contributed by atoms with E-state index in [1.54, 1.807) is 17.0 Å². The van der Waals surface area contributed by atoms with Gasteiger partial charge in [-0.1, -0.05) is 23.7 Å². The SMILES string of the molecule is O=C(c1ccc(=O)[nH]n1)N1CCOC(c2ccc(Cl)cc2)C1. The summed E-state index contributed by atoms with van der Waals surface area (Å²) >= 11 is 5.88. The van der Waals surface area contributed by atoms with Gasteiger partial charge in [-0.25, -0.2) is 5.10 Å². The maximum atomic E-state index is 12.4. The zero-order valence-corrected chi connectivity index (χ0v) is 12.4. The van der Waals surface area contributed by atoms with Crippen LogP contribution in [0.2, 0.25) is 5.02 Å². The first kappa shape index (κ1) is 14.7.